The van der Waals surface area contributed by atoms with E-state index in [1.165, 1.54) is 17.7 Å². The van der Waals surface area contributed by atoms with Crippen molar-refractivity contribution in [2.75, 3.05) is 5.32 Å². The number of aromatic nitrogens is 2. The van der Waals surface area contributed by atoms with Crippen LogP contribution in [-0.4, -0.2) is 15.7 Å². The summed E-state index contributed by atoms with van der Waals surface area (Å²) in [6, 6.07) is 12.0. The van der Waals surface area contributed by atoms with Crippen molar-refractivity contribution < 1.29 is 9.18 Å². The van der Waals surface area contributed by atoms with E-state index in [-0.39, 0.29) is 18.1 Å². The van der Waals surface area contributed by atoms with Gasteiger partial charge in [0.05, 0.1) is 17.8 Å². The number of halogens is 1. The highest BCUT2D eigenvalue weighted by Crippen LogP contribution is 2.20. The van der Waals surface area contributed by atoms with Gasteiger partial charge in [-0.2, -0.15) is 5.10 Å². The quantitative estimate of drug-likeness (QED) is 0.756. The predicted octanol–water partition coefficient (Wildman–Crippen LogP) is 4.43. The summed E-state index contributed by atoms with van der Waals surface area (Å²) in [7, 11) is 0. The molecule has 0 spiro atoms. The molecule has 3 aromatic rings. The summed E-state index contributed by atoms with van der Waals surface area (Å²) in [6.45, 7) is 7.86. The van der Waals surface area contributed by atoms with Gasteiger partial charge < -0.3 is 5.32 Å². The number of benzene rings is 2. The number of nitrogens with zero attached hydrogens (tertiary/aromatic N) is 2. The Bertz CT molecular complexity index is 958. The van der Waals surface area contributed by atoms with Crippen molar-refractivity contribution in [3.8, 4) is 5.69 Å². The number of carbonyl (C=O) groups excluding carboxylic acids is 1. The van der Waals surface area contributed by atoms with Crippen LogP contribution in [0.25, 0.3) is 5.69 Å². The number of anilines is 1. The van der Waals surface area contributed by atoms with Gasteiger partial charge in [0.25, 0.3) is 0 Å². The molecule has 0 unspecified atom stereocenters. The highest BCUT2D eigenvalue weighted by atomic mass is 19.1. The lowest BCUT2D eigenvalue weighted by molar-refractivity contribution is -0.115. The molecule has 0 aliphatic carbocycles. The van der Waals surface area contributed by atoms with Crippen molar-refractivity contribution in [3.63, 3.8) is 0 Å². The Morgan fingerprint density at radius 1 is 1.04 bits per heavy atom. The van der Waals surface area contributed by atoms with Gasteiger partial charge in [0.2, 0.25) is 5.91 Å². The lowest BCUT2D eigenvalue weighted by Crippen LogP contribution is -2.15. The number of aryl methyl sites for hydroxylation is 3. The molecular formula is C21H22FN3O. The molecule has 1 aromatic heterocycles. The highest BCUT2D eigenvalue weighted by molar-refractivity contribution is 5.92. The molecule has 0 atom stereocenters. The maximum absolute atomic E-state index is 13.1. The third kappa shape index (κ3) is 3.67. The van der Waals surface area contributed by atoms with Gasteiger partial charge in [0.1, 0.15) is 5.82 Å². The molecule has 134 valence electrons. The summed E-state index contributed by atoms with van der Waals surface area (Å²) in [5, 5.41) is 7.45. The first kappa shape index (κ1) is 17.9. The molecule has 0 saturated heterocycles. The molecule has 5 heteroatoms. The van der Waals surface area contributed by atoms with Gasteiger partial charge in [-0.15, -0.1) is 0 Å². The second kappa shape index (κ2) is 7.12. The number of amides is 1. The Hall–Kier alpha value is -2.95. The maximum Gasteiger partial charge on any atom is 0.228 e. The van der Waals surface area contributed by atoms with Crippen molar-refractivity contribution in [3.05, 3.63) is 76.4 Å². The average molecular weight is 351 g/mol. The fourth-order valence-electron chi connectivity index (χ4n) is 2.95. The van der Waals surface area contributed by atoms with E-state index in [0.717, 1.165) is 33.9 Å². The van der Waals surface area contributed by atoms with Crippen molar-refractivity contribution in [1.29, 1.82) is 0 Å². The van der Waals surface area contributed by atoms with E-state index in [2.05, 4.69) is 10.4 Å². The van der Waals surface area contributed by atoms with Crippen LogP contribution >= 0.6 is 0 Å². The zero-order chi connectivity index (χ0) is 18.8. The molecule has 3 rings (SSSR count). The second-order valence-corrected chi connectivity index (χ2v) is 6.56. The lowest BCUT2D eigenvalue weighted by Gasteiger charge is -2.08. The fraction of sp³-hybridized carbons (Fsp3) is 0.238. The van der Waals surface area contributed by atoms with E-state index in [4.69, 9.17) is 0 Å². The van der Waals surface area contributed by atoms with Crippen LogP contribution in [0.15, 0.2) is 42.5 Å². The summed E-state index contributed by atoms with van der Waals surface area (Å²) in [4.78, 5) is 12.5. The van der Waals surface area contributed by atoms with Crippen LogP contribution in [0, 0.1) is 33.5 Å². The summed E-state index contributed by atoms with van der Waals surface area (Å²) in [5.74, 6) is -0.374. The number of hydrogen-bond donors (Lipinski definition) is 1. The number of carbonyl (C=O) groups is 1. The average Bonchev–Trinajstić information content (AvgIpc) is 2.87. The minimum absolute atomic E-state index is 0.0851. The third-order valence-corrected chi connectivity index (χ3v) is 4.64. The third-order valence-electron chi connectivity index (χ3n) is 4.64. The second-order valence-electron chi connectivity index (χ2n) is 6.56. The van der Waals surface area contributed by atoms with Gasteiger partial charge in [-0.25, -0.2) is 9.07 Å². The van der Waals surface area contributed by atoms with E-state index in [1.54, 1.807) is 16.8 Å². The van der Waals surface area contributed by atoms with E-state index < -0.39 is 0 Å². The molecule has 4 nitrogen and oxygen atoms in total. The Labute approximate surface area is 152 Å². The Morgan fingerprint density at radius 3 is 2.38 bits per heavy atom. The number of nitrogens with one attached hydrogen (secondary N) is 1. The van der Waals surface area contributed by atoms with Gasteiger partial charge in [0.15, 0.2) is 0 Å². The minimum atomic E-state index is -0.289. The maximum atomic E-state index is 13.1. The van der Waals surface area contributed by atoms with Crippen LogP contribution < -0.4 is 5.32 Å². The normalized spacial score (nSPS) is 10.8. The summed E-state index contributed by atoms with van der Waals surface area (Å²) in [5.41, 5.74) is 6.45. The van der Waals surface area contributed by atoms with Crippen molar-refractivity contribution in [2.45, 2.75) is 34.1 Å². The predicted molar refractivity (Wildman–Crippen MR) is 101 cm³/mol. The van der Waals surface area contributed by atoms with Gasteiger partial charge in [-0.3, -0.25) is 4.79 Å². The van der Waals surface area contributed by atoms with E-state index >= 15 is 0 Å². The smallest absolute Gasteiger partial charge is 0.228 e. The van der Waals surface area contributed by atoms with Crippen molar-refractivity contribution in [1.82, 2.24) is 9.78 Å². The van der Waals surface area contributed by atoms with Crippen molar-refractivity contribution >= 4 is 11.6 Å². The van der Waals surface area contributed by atoms with E-state index in [9.17, 15) is 9.18 Å². The topological polar surface area (TPSA) is 46.9 Å². The highest BCUT2D eigenvalue weighted by Gasteiger charge is 2.16. The SMILES string of the molecule is Cc1ccc(NC(=O)Cc2c(C)nn(-c3ccc(F)cc3)c2C)cc1C. The van der Waals surface area contributed by atoms with Crippen LogP contribution in [0.2, 0.25) is 0 Å². The zero-order valence-electron chi connectivity index (χ0n) is 15.4. The molecule has 26 heavy (non-hydrogen) atoms. The van der Waals surface area contributed by atoms with Gasteiger partial charge >= 0.3 is 0 Å². The minimum Gasteiger partial charge on any atom is -0.326 e. The summed E-state index contributed by atoms with van der Waals surface area (Å²) >= 11 is 0. The number of rotatable bonds is 4. The Balaban J connectivity index is 1.80. The van der Waals surface area contributed by atoms with E-state index in [1.807, 2.05) is 45.9 Å². The summed E-state index contributed by atoms with van der Waals surface area (Å²) in [6.07, 6.45) is 0.242. The largest absolute Gasteiger partial charge is 0.326 e. The van der Waals surface area contributed by atoms with Gasteiger partial charge in [-0.05, 0) is 75.2 Å². The molecule has 0 fully saturated rings. The molecular weight excluding hydrogens is 329 g/mol. The molecule has 1 amide bonds. The van der Waals surface area contributed by atoms with Gasteiger partial charge in [0, 0.05) is 16.9 Å². The lowest BCUT2D eigenvalue weighted by atomic mass is 10.1. The molecule has 1 heterocycles. The standard InChI is InChI=1S/C21H22FN3O/c1-13-5-8-18(11-14(13)2)23-21(26)12-20-15(3)24-25(16(20)4)19-9-6-17(22)7-10-19/h5-11H,12H2,1-4H3,(H,23,26). The first-order chi connectivity index (χ1) is 12.3. The molecule has 0 aliphatic rings. The van der Waals surface area contributed by atoms with Crippen LogP contribution in [0.5, 0.6) is 0 Å². The number of hydrogen-bond acceptors (Lipinski definition) is 2. The molecule has 0 radical (unpaired) electrons. The molecule has 1 N–H and O–H groups in total. The van der Waals surface area contributed by atoms with Crippen molar-refractivity contribution in [2.24, 2.45) is 0 Å². The van der Waals surface area contributed by atoms with Crippen LogP contribution in [0.4, 0.5) is 10.1 Å². The molecule has 0 saturated carbocycles. The first-order valence-corrected chi connectivity index (χ1v) is 8.53. The zero-order valence-corrected chi connectivity index (χ0v) is 15.4. The Morgan fingerprint density at radius 2 is 1.73 bits per heavy atom. The monoisotopic (exact) mass is 351 g/mol. The fourth-order valence-corrected chi connectivity index (χ4v) is 2.95. The van der Waals surface area contributed by atoms with Crippen LogP contribution in [0.1, 0.15) is 28.1 Å². The molecule has 0 aliphatic heterocycles. The Kier molecular flexibility index (Phi) is 4.89. The molecule has 2 aromatic carbocycles. The summed E-state index contributed by atoms with van der Waals surface area (Å²) < 4.78 is 14.9. The van der Waals surface area contributed by atoms with E-state index in [0.29, 0.717) is 0 Å². The van der Waals surface area contributed by atoms with Crippen LogP contribution in [-0.2, 0) is 11.2 Å². The van der Waals surface area contributed by atoms with Crippen LogP contribution in [0.3, 0.4) is 0 Å². The molecule has 0 bridgehead atoms. The van der Waals surface area contributed by atoms with Gasteiger partial charge in [-0.1, -0.05) is 6.07 Å². The first-order valence-electron chi connectivity index (χ1n) is 8.53.